The molecule has 0 aliphatic heterocycles. The number of pyridine rings is 1. The van der Waals surface area contributed by atoms with Crippen molar-refractivity contribution in [1.29, 1.82) is 5.26 Å². The van der Waals surface area contributed by atoms with Crippen LogP contribution in [-0.4, -0.2) is 38.4 Å². The van der Waals surface area contributed by atoms with Crippen LogP contribution in [0.3, 0.4) is 0 Å². The topological polar surface area (TPSA) is 119 Å². The minimum atomic E-state index is -1.26. The maximum absolute atomic E-state index is 9.55. The molecule has 0 atom stereocenters. The van der Waals surface area contributed by atoms with Gasteiger partial charge in [-0.1, -0.05) is 25.1 Å². The minimum absolute atomic E-state index is 0.558. The molecule has 2 aromatic heterocycles. The van der Waals surface area contributed by atoms with Crippen molar-refractivity contribution in [3.8, 4) is 6.07 Å². The van der Waals surface area contributed by atoms with Gasteiger partial charge in [-0.05, 0) is 24.6 Å². The number of anilines is 1. The molecule has 2 N–H and O–H groups in total. The lowest BCUT2D eigenvalue weighted by Crippen LogP contribution is -2.29. The summed E-state index contributed by atoms with van der Waals surface area (Å²) in [5.41, 5.74) is 2.80. The number of nitrogens with zero attached hydrogens (tertiary/aromatic N) is 4. The second-order valence-electron chi connectivity index (χ2n) is 5.85. The highest BCUT2D eigenvalue weighted by molar-refractivity contribution is 5.89. The monoisotopic (exact) mass is 392 g/mol. The van der Waals surface area contributed by atoms with Crippen LogP contribution in [0.4, 0.5) is 5.69 Å². The van der Waals surface area contributed by atoms with E-state index in [2.05, 4.69) is 27.7 Å². The van der Waals surface area contributed by atoms with Crippen molar-refractivity contribution in [1.82, 2.24) is 9.66 Å². The predicted octanol–water partition coefficient (Wildman–Crippen LogP) is 3.30. The van der Waals surface area contributed by atoms with Crippen molar-refractivity contribution in [2.45, 2.75) is 13.3 Å². The van der Waals surface area contributed by atoms with Crippen LogP contribution in [-0.2, 0) is 9.59 Å². The fourth-order valence-corrected chi connectivity index (χ4v) is 2.68. The molecular formula is C21H20N4O4. The zero-order chi connectivity index (χ0) is 21.2. The molecule has 29 heavy (non-hydrogen) atoms. The number of benzene rings is 1. The number of carbonyl (C=O) groups is 2. The molecule has 0 saturated heterocycles. The lowest BCUT2D eigenvalue weighted by molar-refractivity contribution is -0.134. The van der Waals surface area contributed by atoms with Gasteiger partial charge in [0.05, 0.1) is 16.8 Å². The third-order valence-corrected chi connectivity index (χ3v) is 3.84. The van der Waals surface area contributed by atoms with Gasteiger partial charge in [-0.2, -0.15) is 5.26 Å². The van der Waals surface area contributed by atoms with E-state index in [1.165, 1.54) is 0 Å². The minimum Gasteiger partial charge on any atom is -0.478 e. The SMILES string of the molecule is CCCN(c1ccncc1)n1cc(C#N)c2ccccc21.O=C(O)C=CC(=O)O. The van der Waals surface area contributed by atoms with Gasteiger partial charge in [0.25, 0.3) is 0 Å². The van der Waals surface area contributed by atoms with Crippen LogP contribution in [0, 0.1) is 11.3 Å². The first-order valence-electron chi connectivity index (χ1n) is 8.79. The zero-order valence-electron chi connectivity index (χ0n) is 15.8. The maximum atomic E-state index is 9.55. The number of para-hydroxylation sites is 1. The van der Waals surface area contributed by atoms with Crippen LogP contribution in [0.25, 0.3) is 10.9 Å². The summed E-state index contributed by atoms with van der Waals surface area (Å²) in [5.74, 6) is -2.51. The Bertz CT molecular complexity index is 1040. The molecule has 0 radical (unpaired) electrons. The first-order chi connectivity index (χ1) is 14.0. The molecular weight excluding hydrogens is 372 g/mol. The number of hydrogen-bond donors (Lipinski definition) is 2. The van der Waals surface area contributed by atoms with Gasteiger partial charge in [-0.3, -0.25) is 14.7 Å². The van der Waals surface area contributed by atoms with E-state index in [1.807, 2.05) is 42.6 Å². The molecule has 3 aromatic rings. The number of fused-ring (bicyclic) bond motifs is 1. The molecule has 0 aliphatic rings. The Morgan fingerprint density at radius 3 is 2.31 bits per heavy atom. The number of hydrogen-bond acceptors (Lipinski definition) is 5. The van der Waals surface area contributed by atoms with Crippen LogP contribution >= 0.6 is 0 Å². The van der Waals surface area contributed by atoms with E-state index in [9.17, 15) is 14.9 Å². The molecule has 0 aliphatic carbocycles. The fourth-order valence-electron chi connectivity index (χ4n) is 2.68. The van der Waals surface area contributed by atoms with Crippen molar-refractivity contribution in [3.05, 3.63) is 72.7 Å². The standard InChI is InChI=1S/C17H16N4.C4H4O4/c1-2-11-20(15-7-9-19-10-8-15)21-13-14(12-18)16-5-3-4-6-17(16)21;5-3(6)1-2-4(7)8/h3-10,13H,2,11H2,1H3;1-2H,(H,5,6)(H,7,8). The number of rotatable bonds is 6. The number of nitriles is 1. The van der Waals surface area contributed by atoms with E-state index in [0.29, 0.717) is 17.7 Å². The lowest BCUT2D eigenvalue weighted by atomic mass is 10.2. The van der Waals surface area contributed by atoms with Crippen molar-refractivity contribution < 1.29 is 19.8 Å². The molecule has 8 nitrogen and oxygen atoms in total. The molecule has 3 rings (SSSR count). The highest BCUT2D eigenvalue weighted by Gasteiger charge is 2.14. The molecule has 0 saturated carbocycles. The summed E-state index contributed by atoms with van der Waals surface area (Å²) in [7, 11) is 0. The van der Waals surface area contributed by atoms with Gasteiger partial charge in [0.2, 0.25) is 0 Å². The average molecular weight is 392 g/mol. The summed E-state index contributed by atoms with van der Waals surface area (Å²) in [4.78, 5) is 23.2. The number of aromatic nitrogens is 2. The summed E-state index contributed by atoms with van der Waals surface area (Å²) >= 11 is 0. The molecule has 2 heterocycles. The largest absolute Gasteiger partial charge is 0.478 e. The first-order valence-corrected chi connectivity index (χ1v) is 8.79. The second kappa shape index (κ2) is 10.3. The third-order valence-electron chi connectivity index (χ3n) is 3.84. The highest BCUT2D eigenvalue weighted by Crippen LogP contribution is 2.24. The van der Waals surface area contributed by atoms with Gasteiger partial charge in [0.15, 0.2) is 0 Å². The zero-order valence-corrected chi connectivity index (χ0v) is 15.8. The summed E-state index contributed by atoms with van der Waals surface area (Å²) in [6.07, 6.45) is 7.60. The van der Waals surface area contributed by atoms with E-state index >= 15 is 0 Å². The fraction of sp³-hybridized carbons (Fsp3) is 0.143. The van der Waals surface area contributed by atoms with E-state index in [4.69, 9.17) is 10.2 Å². The van der Waals surface area contributed by atoms with Crippen molar-refractivity contribution in [2.24, 2.45) is 0 Å². The normalized spacial score (nSPS) is 10.2. The summed E-state index contributed by atoms with van der Waals surface area (Å²) in [5, 5.41) is 28.1. The van der Waals surface area contributed by atoms with E-state index < -0.39 is 11.9 Å². The summed E-state index contributed by atoms with van der Waals surface area (Å²) in [6, 6.07) is 14.2. The Kier molecular flexibility index (Phi) is 7.51. The average Bonchev–Trinajstić information content (AvgIpc) is 3.10. The van der Waals surface area contributed by atoms with Gasteiger partial charge >= 0.3 is 11.9 Å². The predicted molar refractivity (Wildman–Crippen MR) is 108 cm³/mol. The molecule has 0 spiro atoms. The van der Waals surface area contributed by atoms with Crippen LogP contribution in [0.1, 0.15) is 18.9 Å². The molecule has 1 aromatic carbocycles. The molecule has 0 amide bonds. The van der Waals surface area contributed by atoms with Gasteiger partial charge in [0, 0.05) is 42.7 Å². The first kappa shape index (κ1) is 21.2. The highest BCUT2D eigenvalue weighted by atomic mass is 16.4. The van der Waals surface area contributed by atoms with Gasteiger partial charge in [0.1, 0.15) is 6.07 Å². The van der Waals surface area contributed by atoms with Crippen molar-refractivity contribution in [3.63, 3.8) is 0 Å². The van der Waals surface area contributed by atoms with E-state index in [0.717, 1.165) is 29.6 Å². The van der Waals surface area contributed by atoms with Gasteiger partial charge in [-0.25, -0.2) is 9.59 Å². The smallest absolute Gasteiger partial charge is 0.328 e. The Morgan fingerprint density at radius 2 is 1.76 bits per heavy atom. The van der Waals surface area contributed by atoms with Crippen molar-refractivity contribution >= 4 is 28.5 Å². The van der Waals surface area contributed by atoms with E-state index in [1.54, 1.807) is 12.4 Å². The number of aliphatic carboxylic acids is 2. The molecule has 0 bridgehead atoms. The Morgan fingerprint density at radius 1 is 1.14 bits per heavy atom. The van der Waals surface area contributed by atoms with Crippen LogP contribution in [0.2, 0.25) is 0 Å². The molecule has 8 heteroatoms. The quantitative estimate of drug-likeness (QED) is 0.618. The summed E-state index contributed by atoms with van der Waals surface area (Å²) in [6.45, 7) is 3.01. The second-order valence-corrected chi connectivity index (χ2v) is 5.85. The molecule has 0 unspecified atom stereocenters. The van der Waals surface area contributed by atoms with Gasteiger partial charge < -0.3 is 10.2 Å². The lowest BCUT2D eigenvalue weighted by Gasteiger charge is -2.26. The Balaban J connectivity index is 0.000000321. The Hall–Kier alpha value is -4.12. The van der Waals surface area contributed by atoms with Crippen LogP contribution in [0.5, 0.6) is 0 Å². The maximum Gasteiger partial charge on any atom is 0.328 e. The Labute approximate surface area is 167 Å². The van der Waals surface area contributed by atoms with Crippen LogP contribution in [0.15, 0.2) is 67.1 Å². The van der Waals surface area contributed by atoms with E-state index in [-0.39, 0.29) is 0 Å². The van der Waals surface area contributed by atoms with Crippen LogP contribution < -0.4 is 5.01 Å². The third kappa shape index (κ3) is 5.68. The summed E-state index contributed by atoms with van der Waals surface area (Å²) < 4.78 is 2.06. The number of carboxylic acid groups (broad SMARTS) is 2. The van der Waals surface area contributed by atoms with Crippen molar-refractivity contribution in [2.75, 3.05) is 11.6 Å². The molecule has 148 valence electrons. The van der Waals surface area contributed by atoms with Gasteiger partial charge in [-0.15, -0.1) is 0 Å². The molecule has 0 fully saturated rings. The number of carboxylic acids is 2.